The third-order valence-corrected chi connectivity index (χ3v) is 4.34. The molecule has 0 atom stereocenters. The average Bonchev–Trinajstić information content (AvgIpc) is 3.38. The second-order valence-corrected chi connectivity index (χ2v) is 6.14. The number of furan rings is 1. The molecule has 0 aliphatic rings. The molecule has 0 saturated carbocycles. The normalized spacial score (nSPS) is 11.4. The van der Waals surface area contributed by atoms with E-state index in [4.69, 9.17) is 9.15 Å². The number of aromatic amines is 1. The largest absolute Gasteiger partial charge is 0.497 e. The SMILES string of the molecule is COc1ccc2nc(C(C#N)=Cc3ccc(-c4ccc([N+](=O)[O-])cc4)o3)[nH]c2c1. The van der Waals surface area contributed by atoms with Gasteiger partial charge in [-0.2, -0.15) is 5.26 Å². The third kappa shape index (κ3) is 3.57. The fraction of sp³-hybridized carbons (Fsp3) is 0.0476. The quantitative estimate of drug-likeness (QED) is 0.299. The zero-order valence-corrected chi connectivity index (χ0v) is 15.2. The minimum Gasteiger partial charge on any atom is -0.497 e. The highest BCUT2D eigenvalue weighted by Gasteiger charge is 2.11. The molecule has 0 fully saturated rings. The summed E-state index contributed by atoms with van der Waals surface area (Å²) in [6.07, 6.45) is 1.59. The van der Waals surface area contributed by atoms with Crippen LogP contribution >= 0.6 is 0 Å². The van der Waals surface area contributed by atoms with E-state index in [0.717, 1.165) is 5.52 Å². The molecule has 0 amide bonds. The number of H-pyrrole nitrogens is 1. The highest BCUT2D eigenvalue weighted by Crippen LogP contribution is 2.27. The van der Waals surface area contributed by atoms with E-state index in [0.29, 0.717) is 39.7 Å². The summed E-state index contributed by atoms with van der Waals surface area (Å²) in [6.45, 7) is 0. The molecule has 0 spiro atoms. The Labute approximate surface area is 164 Å². The molecule has 0 unspecified atom stereocenters. The maximum Gasteiger partial charge on any atom is 0.269 e. The van der Waals surface area contributed by atoms with Crippen LogP contribution in [0, 0.1) is 21.4 Å². The van der Waals surface area contributed by atoms with Gasteiger partial charge >= 0.3 is 0 Å². The molecule has 0 aliphatic heterocycles. The fourth-order valence-electron chi connectivity index (χ4n) is 2.87. The first kappa shape index (κ1) is 18.0. The van der Waals surface area contributed by atoms with Gasteiger partial charge in [-0.05, 0) is 36.4 Å². The van der Waals surface area contributed by atoms with Gasteiger partial charge in [0, 0.05) is 29.8 Å². The van der Waals surface area contributed by atoms with E-state index in [1.54, 1.807) is 49.6 Å². The molecular formula is C21H14N4O4. The summed E-state index contributed by atoms with van der Waals surface area (Å²) < 4.78 is 11.0. The van der Waals surface area contributed by atoms with Crippen LogP contribution < -0.4 is 4.74 Å². The molecular weight excluding hydrogens is 372 g/mol. The minimum atomic E-state index is -0.456. The lowest BCUT2D eigenvalue weighted by Crippen LogP contribution is -1.86. The van der Waals surface area contributed by atoms with Crippen molar-refractivity contribution in [3.8, 4) is 23.1 Å². The number of rotatable bonds is 5. The number of aromatic nitrogens is 2. The lowest BCUT2D eigenvalue weighted by atomic mass is 10.1. The van der Waals surface area contributed by atoms with Crippen LogP contribution in [0.5, 0.6) is 5.75 Å². The fourth-order valence-corrected chi connectivity index (χ4v) is 2.87. The van der Waals surface area contributed by atoms with Gasteiger partial charge in [0.25, 0.3) is 5.69 Å². The first-order chi connectivity index (χ1) is 14.1. The van der Waals surface area contributed by atoms with Gasteiger partial charge in [-0.15, -0.1) is 0 Å². The molecule has 8 nitrogen and oxygen atoms in total. The molecule has 0 saturated heterocycles. The number of fused-ring (bicyclic) bond motifs is 1. The number of ether oxygens (including phenoxy) is 1. The van der Waals surface area contributed by atoms with Gasteiger partial charge in [0.1, 0.15) is 29.2 Å². The summed E-state index contributed by atoms with van der Waals surface area (Å²) >= 11 is 0. The van der Waals surface area contributed by atoms with Crippen LogP contribution in [0.15, 0.2) is 59.0 Å². The van der Waals surface area contributed by atoms with Crippen LogP contribution in [0.25, 0.3) is 34.0 Å². The second-order valence-electron chi connectivity index (χ2n) is 6.14. The van der Waals surface area contributed by atoms with Crippen molar-refractivity contribution in [3.05, 3.63) is 76.3 Å². The zero-order valence-electron chi connectivity index (χ0n) is 15.2. The predicted molar refractivity (Wildman–Crippen MR) is 107 cm³/mol. The van der Waals surface area contributed by atoms with Crippen molar-refractivity contribution in [2.45, 2.75) is 0 Å². The Balaban J connectivity index is 1.64. The smallest absolute Gasteiger partial charge is 0.269 e. The Bertz CT molecular complexity index is 1280. The van der Waals surface area contributed by atoms with Crippen LogP contribution in [-0.2, 0) is 0 Å². The number of nitriles is 1. The number of benzene rings is 2. The number of nitrogens with one attached hydrogen (secondary N) is 1. The van der Waals surface area contributed by atoms with E-state index in [1.165, 1.54) is 12.1 Å². The van der Waals surface area contributed by atoms with E-state index in [-0.39, 0.29) is 5.69 Å². The molecule has 0 bridgehead atoms. The first-order valence-corrected chi connectivity index (χ1v) is 8.58. The molecule has 142 valence electrons. The summed E-state index contributed by atoms with van der Waals surface area (Å²) in [7, 11) is 1.58. The van der Waals surface area contributed by atoms with Crippen LogP contribution in [-0.4, -0.2) is 22.0 Å². The monoisotopic (exact) mass is 386 g/mol. The summed E-state index contributed by atoms with van der Waals surface area (Å²) in [5.74, 6) is 2.11. The minimum absolute atomic E-state index is 0.00806. The summed E-state index contributed by atoms with van der Waals surface area (Å²) in [5.41, 5.74) is 2.49. The van der Waals surface area contributed by atoms with E-state index in [1.807, 2.05) is 6.07 Å². The maximum absolute atomic E-state index is 10.8. The lowest BCUT2D eigenvalue weighted by Gasteiger charge is -1.97. The van der Waals surface area contributed by atoms with Crippen LogP contribution in [0.2, 0.25) is 0 Å². The van der Waals surface area contributed by atoms with Crippen molar-refractivity contribution in [1.82, 2.24) is 9.97 Å². The Hall–Kier alpha value is -4.38. The first-order valence-electron chi connectivity index (χ1n) is 8.58. The molecule has 0 aliphatic carbocycles. The molecule has 8 heteroatoms. The number of imidazole rings is 1. The number of hydrogen-bond donors (Lipinski definition) is 1. The number of nitro benzene ring substituents is 1. The number of nitro groups is 1. The van der Waals surface area contributed by atoms with Gasteiger partial charge in [0.05, 0.1) is 28.6 Å². The van der Waals surface area contributed by atoms with E-state index in [2.05, 4.69) is 16.0 Å². The van der Waals surface area contributed by atoms with Gasteiger partial charge in [0.15, 0.2) is 0 Å². The van der Waals surface area contributed by atoms with Crippen molar-refractivity contribution in [2.24, 2.45) is 0 Å². The van der Waals surface area contributed by atoms with Crippen molar-refractivity contribution in [2.75, 3.05) is 7.11 Å². The molecule has 1 N–H and O–H groups in total. The Morgan fingerprint density at radius 3 is 2.72 bits per heavy atom. The van der Waals surface area contributed by atoms with Crippen LogP contribution in [0.3, 0.4) is 0 Å². The highest BCUT2D eigenvalue weighted by atomic mass is 16.6. The molecule has 4 rings (SSSR count). The molecule has 2 aromatic carbocycles. The standard InChI is InChI=1S/C21H14N4O4/c1-28-16-6-8-18-19(11-16)24-21(23-18)14(12-22)10-17-7-9-20(29-17)13-2-4-15(5-3-13)25(26)27/h2-11H,1H3,(H,23,24). The molecule has 2 aromatic heterocycles. The average molecular weight is 386 g/mol. The van der Waals surface area contributed by atoms with E-state index >= 15 is 0 Å². The van der Waals surface area contributed by atoms with Gasteiger partial charge in [-0.1, -0.05) is 0 Å². The second kappa shape index (κ2) is 7.32. The third-order valence-electron chi connectivity index (χ3n) is 4.34. The number of nitrogens with zero attached hydrogens (tertiary/aromatic N) is 3. The summed E-state index contributed by atoms with van der Waals surface area (Å²) in [4.78, 5) is 17.9. The van der Waals surface area contributed by atoms with E-state index < -0.39 is 4.92 Å². The predicted octanol–water partition coefficient (Wildman–Crippen LogP) is 4.80. The van der Waals surface area contributed by atoms with Gasteiger partial charge in [0.2, 0.25) is 0 Å². The summed E-state index contributed by atoms with van der Waals surface area (Å²) in [5, 5.41) is 20.3. The van der Waals surface area contributed by atoms with Crippen molar-refractivity contribution in [3.63, 3.8) is 0 Å². The molecule has 2 heterocycles. The van der Waals surface area contributed by atoms with Gasteiger partial charge in [-0.3, -0.25) is 10.1 Å². The number of allylic oxidation sites excluding steroid dienone is 1. The molecule has 29 heavy (non-hydrogen) atoms. The van der Waals surface area contributed by atoms with E-state index in [9.17, 15) is 15.4 Å². The maximum atomic E-state index is 10.8. The zero-order chi connectivity index (χ0) is 20.4. The number of hydrogen-bond acceptors (Lipinski definition) is 6. The van der Waals surface area contributed by atoms with Gasteiger partial charge in [-0.25, -0.2) is 4.98 Å². The number of non-ortho nitro benzene ring substituents is 1. The number of methoxy groups -OCH3 is 1. The van der Waals surface area contributed by atoms with Gasteiger partial charge < -0.3 is 14.1 Å². The van der Waals surface area contributed by atoms with Crippen LogP contribution in [0.1, 0.15) is 11.6 Å². The Morgan fingerprint density at radius 1 is 1.24 bits per heavy atom. The molecule has 0 radical (unpaired) electrons. The Morgan fingerprint density at radius 2 is 2.03 bits per heavy atom. The Kier molecular flexibility index (Phi) is 4.55. The lowest BCUT2D eigenvalue weighted by molar-refractivity contribution is -0.384. The highest BCUT2D eigenvalue weighted by molar-refractivity contribution is 5.90. The van der Waals surface area contributed by atoms with Crippen molar-refractivity contribution >= 4 is 28.4 Å². The summed E-state index contributed by atoms with van der Waals surface area (Å²) in [6, 6.07) is 17.1. The van der Waals surface area contributed by atoms with Crippen LogP contribution in [0.4, 0.5) is 5.69 Å². The van der Waals surface area contributed by atoms with Crippen molar-refractivity contribution < 1.29 is 14.1 Å². The topological polar surface area (TPSA) is 118 Å². The van der Waals surface area contributed by atoms with Crippen molar-refractivity contribution in [1.29, 1.82) is 5.26 Å². The molecule has 4 aromatic rings.